The van der Waals surface area contributed by atoms with Crippen molar-refractivity contribution in [3.63, 3.8) is 0 Å². The Bertz CT molecular complexity index is 154. The van der Waals surface area contributed by atoms with E-state index in [1.807, 2.05) is 6.08 Å². The minimum Gasteiger partial charge on any atom is -0.405 e. The Morgan fingerprint density at radius 2 is 2.50 bits per heavy atom. The zero-order valence-electron chi connectivity index (χ0n) is 5.84. The van der Waals surface area contributed by atoms with Gasteiger partial charge in [0.2, 0.25) is 5.91 Å². The van der Waals surface area contributed by atoms with Gasteiger partial charge in [-0.2, -0.15) is 0 Å². The molecule has 0 aliphatic carbocycles. The van der Waals surface area contributed by atoms with Gasteiger partial charge in [-0.05, 0) is 25.1 Å². The van der Waals surface area contributed by atoms with Gasteiger partial charge in [0.05, 0.1) is 0 Å². The lowest BCUT2D eigenvalue weighted by Gasteiger charge is -2.19. The van der Waals surface area contributed by atoms with Crippen LogP contribution in [0.1, 0.15) is 19.3 Å². The van der Waals surface area contributed by atoms with Gasteiger partial charge >= 0.3 is 0 Å². The molecule has 0 aromatic heterocycles. The second kappa shape index (κ2) is 3.25. The van der Waals surface area contributed by atoms with Crippen LogP contribution in [0.15, 0.2) is 12.3 Å². The Kier molecular flexibility index (Phi) is 2.31. The molecule has 0 bridgehead atoms. The molecular weight excluding hydrogens is 128 g/mol. The number of nitrogens with two attached hydrogens (primary N) is 1. The average Bonchev–Trinajstić information content (AvgIpc) is 1.88. The summed E-state index contributed by atoms with van der Waals surface area (Å²) in [7, 11) is 0. The molecule has 10 heavy (non-hydrogen) atoms. The first-order chi connectivity index (χ1) is 4.83. The minimum atomic E-state index is 0.134. The van der Waals surface area contributed by atoms with Crippen LogP contribution in [0.4, 0.5) is 0 Å². The summed E-state index contributed by atoms with van der Waals surface area (Å²) in [5.41, 5.74) is 5.17. The Morgan fingerprint density at radius 1 is 1.70 bits per heavy atom. The standard InChI is InChI=1S/C7H12N2O/c8-5-4-6-2-1-3-7(10)9-6/h4-6H,1-3,8H2,(H,9,10)/b5-4+. The van der Waals surface area contributed by atoms with Gasteiger partial charge in [-0.25, -0.2) is 0 Å². The number of piperidine rings is 1. The third kappa shape index (κ3) is 1.76. The molecule has 1 amide bonds. The Labute approximate surface area is 60.3 Å². The van der Waals surface area contributed by atoms with E-state index in [1.165, 1.54) is 6.20 Å². The lowest BCUT2D eigenvalue weighted by molar-refractivity contribution is -0.122. The summed E-state index contributed by atoms with van der Waals surface area (Å²) in [5.74, 6) is 0.134. The average molecular weight is 140 g/mol. The predicted octanol–water partition coefficient (Wildman–Crippen LogP) is 0.128. The number of amides is 1. The molecule has 1 aliphatic heterocycles. The van der Waals surface area contributed by atoms with E-state index in [9.17, 15) is 4.79 Å². The highest BCUT2D eigenvalue weighted by Crippen LogP contribution is 2.07. The molecule has 1 fully saturated rings. The quantitative estimate of drug-likeness (QED) is 0.544. The number of carbonyl (C=O) groups excluding carboxylic acids is 1. The number of rotatable bonds is 1. The SMILES string of the molecule is N/C=C/C1CCCC(=O)N1. The number of hydrogen-bond acceptors (Lipinski definition) is 2. The van der Waals surface area contributed by atoms with Crippen molar-refractivity contribution in [3.8, 4) is 0 Å². The fourth-order valence-electron chi connectivity index (χ4n) is 1.11. The van der Waals surface area contributed by atoms with Crippen LogP contribution < -0.4 is 11.1 Å². The molecule has 1 saturated heterocycles. The van der Waals surface area contributed by atoms with Crippen LogP contribution in [0.5, 0.6) is 0 Å². The summed E-state index contributed by atoms with van der Waals surface area (Å²) in [6.45, 7) is 0. The van der Waals surface area contributed by atoms with E-state index in [4.69, 9.17) is 5.73 Å². The summed E-state index contributed by atoms with van der Waals surface area (Å²) in [5, 5.41) is 2.81. The van der Waals surface area contributed by atoms with Crippen molar-refractivity contribution < 1.29 is 4.79 Å². The molecule has 0 saturated carbocycles. The molecule has 3 N–H and O–H groups in total. The van der Waals surface area contributed by atoms with Gasteiger partial charge in [0.1, 0.15) is 0 Å². The Hall–Kier alpha value is -0.990. The molecule has 1 heterocycles. The highest BCUT2D eigenvalue weighted by atomic mass is 16.1. The van der Waals surface area contributed by atoms with Gasteiger partial charge in [-0.15, -0.1) is 0 Å². The van der Waals surface area contributed by atoms with Crippen molar-refractivity contribution in [2.24, 2.45) is 5.73 Å². The molecule has 3 nitrogen and oxygen atoms in total. The van der Waals surface area contributed by atoms with Gasteiger partial charge in [0, 0.05) is 12.5 Å². The summed E-state index contributed by atoms with van der Waals surface area (Å²) >= 11 is 0. The first kappa shape index (κ1) is 7.12. The Balaban J connectivity index is 2.39. The van der Waals surface area contributed by atoms with Crippen LogP contribution in [0, 0.1) is 0 Å². The minimum absolute atomic E-state index is 0.134. The van der Waals surface area contributed by atoms with Crippen LogP contribution in [0.2, 0.25) is 0 Å². The van der Waals surface area contributed by atoms with Crippen LogP contribution in [-0.2, 0) is 4.79 Å². The van der Waals surface area contributed by atoms with Crippen molar-refractivity contribution in [2.45, 2.75) is 25.3 Å². The Morgan fingerprint density at radius 3 is 3.10 bits per heavy atom. The fourth-order valence-corrected chi connectivity index (χ4v) is 1.11. The molecular formula is C7H12N2O. The van der Waals surface area contributed by atoms with Gasteiger partial charge in [0.15, 0.2) is 0 Å². The molecule has 1 aliphatic rings. The highest BCUT2D eigenvalue weighted by molar-refractivity contribution is 5.77. The largest absolute Gasteiger partial charge is 0.405 e. The maximum Gasteiger partial charge on any atom is 0.220 e. The maximum absolute atomic E-state index is 10.8. The lowest BCUT2D eigenvalue weighted by Crippen LogP contribution is -2.37. The third-order valence-corrected chi connectivity index (χ3v) is 1.61. The molecule has 0 radical (unpaired) electrons. The van der Waals surface area contributed by atoms with Crippen molar-refractivity contribution >= 4 is 5.91 Å². The molecule has 1 atom stereocenters. The third-order valence-electron chi connectivity index (χ3n) is 1.61. The maximum atomic E-state index is 10.8. The molecule has 1 rings (SSSR count). The number of carbonyl (C=O) groups is 1. The second-order valence-corrected chi connectivity index (χ2v) is 2.45. The second-order valence-electron chi connectivity index (χ2n) is 2.45. The van der Waals surface area contributed by atoms with Crippen LogP contribution in [0.25, 0.3) is 0 Å². The normalized spacial score (nSPS) is 26.8. The van der Waals surface area contributed by atoms with Crippen LogP contribution in [0.3, 0.4) is 0 Å². The predicted molar refractivity (Wildman–Crippen MR) is 39.1 cm³/mol. The molecule has 0 aromatic rings. The fraction of sp³-hybridized carbons (Fsp3) is 0.571. The van der Waals surface area contributed by atoms with Crippen molar-refractivity contribution in [1.82, 2.24) is 5.32 Å². The van der Waals surface area contributed by atoms with Gasteiger partial charge in [-0.3, -0.25) is 4.79 Å². The van der Waals surface area contributed by atoms with Gasteiger partial charge in [0.25, 0.3) is 0 Å². The number of hydrogen-bond donors (Lipinski definition) is 2. The van der Waals surface area contributed by atoms with Crippen LogP contribution >= 0.6 is 0 Å². The summed E-state index contributed by atoms with van der Waals surface area (Å²) in [6, 6.07) is 0.172. The van der Waals surface area contributed by atoms with Crippen molar-refractivity contribution in [2.75, 3.05) is 0 Å². The zero-order valence-corrected chi connectivity index (χ0v) is 5.84. The first-order valence-electron chi connectivity index (χ1n) is 3.50. The molecule has 0 spiro atoms. The molecule has 56 valence electrons. The molecule has 3 heteroatoms. The van der Waals surface area contributed by atoms with E-state index in [1.54, 1.807) is 0 Å². The smallest absolute Gasteiger partial charge is 0.220 e. The summed E-state index contributed by atoms with van der Waals surface area (Å²) < 4.78 is 0. The monoisotopic (exact) mass is 140 g/mol. The van der Waals surface area contributed by atoms with E-state index in [2.05, 4.69) is 5.32 Å². The van der Waals surface area contributed by atoms with Crippen molar-refractivity contribution in [1.29, 1.82) is 0 Å². The first-order valence-corrected chi connectivity index (χ1v) is 3.50. The van der Waals surface area contributed by atoms with E-state index in [0.29, 0.717) is 6.42 Å². The van der Waals surface area contributed by atoms with Crippen LogP contribution in [-0.4, -0.2) is 11.9 Å². The number of nitrogens with one attached hydrogen (secondary N) is 1. The van der Waals surface area contributed by atoms with Gasteiger partial charge < -0.3 is 11.1 Å². The molecule has 0 aromatic carbocycles. The lowest BCUT2D eigenvalue weighted by atomic mass is 10.0. The van der Waals surface area contributed by atoms with E-state index < -0.39 is 0 Å². The molecule has 1 unspecified atom stereocenters. The van der Waals surface area contributed by atoms with Crippen molar-refractivity contribution in [3.05, 3.63) is 12.3 Å². The zero-order chi connectivity index (χ0) is 7.40. The topological polar surface area (TPSA) is 55.1 Å². The summed E-state index contributed by atoms with van der Waals surface area (Å²) in [4.78, 5) is 10.8. The highest BCUT2D eigenvalue weighted by Gasteiger charge is 2.14. The van der Waals surface area contributed by atoms with E-state index in [0.717, 1.165) is 12.8 Å². The van der Waals surface area contributed by atoms with Gasteiger partial charge in [-0.1, -0.05) is 0 Å². The summed E-state index contributed by atoms with van der Waals surface area (Å²) in [6.07, 6.45) is 5.95. The van der Waals surface area contributed by atoms with E-state index >= 15 is 0 Å². The van der Waals surface area contributed by atoms with E-state index in [-0.39, 0.29) is 11.9 Å².